The summed E-state index contributed by atoms with van der Waals surface area (Å²) in [6.07, 6.45) is 3.88. The molecular weight excluding hydrogens is 414 g/mol. The van der Waals surface area contributed by atoms with Crippen molar-refractivity contribution in [1.29, 1.82) is 0 Å². The Balaban J connectivity index is 1.65. The second-order valence-electron chi connectivity index (χ2n) is 7.21. The molecule has 3 rings (SSSR count). The van der Waals surface area contributed by atoms with E-state index >= 15 is 0 Å². The van der Waals surface area contributed by atoms with Crippen LogP contribution in [0.1, 0.15) is 32.1 Å². The van der Waals surface area contributed by atoms with Crippen molar-refractivity contribution in [2.75, 3.05) is 31.9 Å². The van der Waals surface area contributed by atoms with Gasteiger partial charge in [-0.25, -0.2) is 13.2 Å². The first kappa shape index (κ1) is 21.2. The normalized spacial score (nSPS) is 27.5. The molecule has 12 nitrogen and oxygen atoms in total. The highest BCUT2D eigenvalue weighted by molar-refractivity contribution is 7.90. The first-order valence-corrected chi connectivity index (χ1v) is 12.1. The lowest BCUT2D eigenvalue weighted by atomic mass is 10.0. The fourth-order valence-electron chi connectivity index (χ4n) is 3.83. The molecule has 0 aliphatic carbocycles. The molecule has 3 N–H and O–H groups in total. The summed E-state index contributed by atoms with van der Waals surface area (Å²) in [5.41, 5.74) is 5.90. The number of hydrogen-bond acceptors (Lipinski definition) is 7. The van der Waals surface area contributed by atoms with Gasteiger partial charge < -0.3 is 15.5 Å². The number of amidine groups is 1. The summed E-state index contributed by atoms with van der Waals surface area (Å²) in [4.78, 5) is 15.6. The van der Waals surface area contributed by atoms with Gasteiger partial charge in [-0.1, -0.05) is 6.42 Å². The lowest BCUT2D eigenvalue weighted by molar-refractivity contribution is -0.0316. The van der Waals surface area contributed by atoms with Crippen LogP contribution in [0.5, 0.6) is 0 Å². The van der Waals surface area contributed by atoms with E-state index in [2.05, 4.69) is 13.6 Å². The average molecular weight is 440 g/mol. The van der Waals surface area contributed by atoms with Crippen molar-refractivity contribution in [3.05, 3.63) is 0 Å². The van der Waals surface area contributed by atoms with Crippen LogP contribution in [0.15, 0.2) is 4.40 Å². The zero-order chi connectivity index (χ0) is 20.5. The van der Waals surface area contributed by atoms with E-state index in [0.29, 0.717) is 24.4 Å². The minimum Gasteiger partial charge on any atom is -0.385 e. The number of hydroxylamine groups is 2. The first-order valence-electron chi connectivity index (χ1n) is 9.13. The monoisotopic (exact) mass is 439 g/mol. The summed E-state index contributed by atoms with van der Waals surface area (Å²) in [5, 5.41) is 0.577. The summed E-state index contributed by atoms with van der Waals surface area (Å²) in [7, 11) is -8.65. The number of likely N-dealkylation sites (tertiary alicyclic amines) is 1. The third kappa shape index (κ3) is 5.11. The van der Waals surface area contributed by atoms with E-state index in [9.17, 15) is 21.6 Å². The average Bonchev–Trinajstić information content (AvgIpc) is 2.84. The van der Waals surface area contributed by atoms with Gasteiger partial charge in [0.05, 0.1) is 17.8 Å². The fraction of sp³-hybridized carbons (Fsp3) is 0.857. The van der Waals surface area contributed by atoms with Gasteiger partial charge in [0.1, 0.15) is 5.84 Å². The predicted molar refractivity (Wildman–Crippen MR) is 99.1 cm³/mol. The van der Waals surface area contributed by atoms with Crippen LogP contribution in [-0.2, 0) is 24.7 Å². The van der Waals surface area contributed by atoms with Crippen molar-refractivity contribution in [1.82, 2.24) is 14.9 Å². The SMILES string of the molecule is NC(=NS(=O)(=O)CCN1CCCCC1)[C@@H]1CC[C@@H]2CN1C(=O)N2OS(=O)(=O)O. The lowest BCUT2D eigenvalue weighted by Crippen LogP contribution is -2.48. The Labute approximate surface area is 164 Å². The van der Waals surface area contributed by atoms with Crippen LogP contribution in [0.4, 0.5) is 4.79 Å². The Hall–Kier alpha value is -1.48. The number of carbonyl (C=O) groups is 1. The van der Waals surface area contributed by atoms with E-state index in [4.69, 9.17) is 10.3 Å². The highest BCUT2D eigenvalue weighted by Gasteiger charge is 2.48. The molecule has 3 aliphatic rings. The number of nitrogens with zero attached hydrogens (tertiary/aromatic N) is 4. The van der Waals surface area contributed by atoms with Gasteiger partial charge in [-0.3, -0.25) is 4.55 Å². The van der Waals surface area contributed by atoms with Crippen LogP contribution < -0.4 is 5.73 Å². The van der Waals surface area contributed by atoms with Crippen molar-refractivity contribution in [3.8, 4) is 0 Å². The number of amides is 2. The zero-order valence-electron chi connectivity index (χ0n) is 15.3. The van der Waals surface area contributed by atoms with Gasteiger partial charge in [-0.2, -0.15) is 13.5 Å². The zero-order valence-corrected chi connectivity index (χ0v) is 16.9. The third-order valence-electron chi connectivity index (χ3n) is 5.20. The van der Waals surface area contributed by atoms with Gasteiger partial charge >= 0.3 is 16.4 Å². The molecule has 0 spiro atoms. The van der Waals surface area contributed by atoms with E-state index in [0.717, 1.165) is 32.4 Å². The molecular formula is C14H25N5O7S2. The molecule has 3 aliphatic heterocycles. The third-order valence-corrected chi connectivity index (χ3v) is 6.73. The number of carbonyl (C=O) groups excluding carboxylic acids is 1. The maximum Gasteiger partial charge on any atom is 0.418 e. The Bertz CT molecular complexity index is 838. The van der Waals surface area contributed by atoms with Crippen LogP contribution in [0.3, 0.4) is 0 Å². The molecule has 2 amide bonds. The van der Waals surface area contributed by atoms with E-state index in [1.54, 1.807) is 0 Å². The molecule has 2 bridgehead atoms. The number of nitrogens with two attached hydrogens (primary N) is 1. The van der Waals surface area contributed by atoms with Gasteiger partial charge in [0.15, 0.2) is 0 Å². The molecule has 28 heavy (non-hydrogen) atoms. The number of urea groups is 1. The van der Waals surface area contributed by atoms with Crippen molar-refractivity contribution in [2.24, 2.45) is 10.1 Å². The van der Waals surface area contributed by atoms with Gasteiger partial charge in [0.2, 0.25) is 0 Å². The quantitative estimate of drug-likeness (QED) is 0.292. The van der Waals surface area contributed by atoms with Crippen LogP contribution in [0.2, 0.25) is 0 Å². The molecule has 14 heteroatoms. The number of piperidine rings is 2. The lowest BCUT2D eigenvalue weighted by Gasteiger charge is -2.29. The van der Waals surface area contributed by atoms with Crippen LogP contribution in [0.25, 0.3) is 0 Å². The van der Waals surface area contributed by atoms with Gasteiger partial charge in [-0.15, -0.1) is 8.68 Å². The van der Waals surface area contributed by atoms with Crippen molar-refractivity contribution < 1.29 is 30.5 Å². The topological polar surface area (TPSA) is 163 Å². The highest BCUT2D eigenvalue weighted by Crippen LogP contribution is 2.30. The summed E-state index contributed by atoms with van der Waals surface area (Å²) in [6.45, 7) is 2.21. The minimum absolute atomic E-state index is 0.100. The Kier molecular flexibility index (Phi) is 6.14. The van der Waals surface area contributed by atoms with Crippen molar-refractivity contribution in [3.63, 3.8) is 0 Å². The van der Waals surface area contributed by atoms with Crippen LogP contribution in [-0.4, -0.2) is 92.1 Å². The molecule has 2 atom stereocenters. The number of fused-ring (bicyclic) bond motifs is 2. The molecule has 0 aromatic rings. The Morgan fingerprint density at radius 1 is 1.18 bits per heavy atom. The van der Waals surface area contributed by atoms with E-state index in [1.165, 1.54) is 4.90 Å². The smallest absolute Gasteiger partial charge is 0.385 e. The standard InChI is InChI=1S/C14H25N5O7S2/c15-13(16-27(21,22)9-8-17-6-2-1-3-7-17)12-5-4-11-10-18(12)14(20)19(11)26-28(23,24)25/h11-12H,1-10H2,(H2,15,16)(H,23,24,25)/t11-,12+/m1/s1. The van der Waals surface area contributed by atoms with Gasteiger partial charge in [0.25, 0.3) is 10.0 Å². The van der Waals surface area contributed by atoms with E-state index < -0.39 is 38.5 Å². The largest absolute Gasteiger partial charge is 0.418 e. The maximum absolute atomic E-state index is 12.4. The minimum atomic E-state index is -4.85. The predicted octanol–water partition coefficient (Wildman–Crippen LogP) is -0.838. The Morgan fingerprint density at radius 3 is 2.50 bits per heavy atom. The van der Waals surface area contributed by atoms with Crippen LogP contribution in [0, 0.1) is 0 Å². The molecule has 3 fully saturated rings. The van der Waals surface area contributed by atoms with Crippen LogP contribution >= 0.6 is 0 Å². The molecule has 0 unspecified atom stereocenters. The molecule has 3 heterocycles. The second-order valence-corrected chi connectivity index (χ2v) is 9.97. The number of hydrogen-bond donors (Lipinski definition) is 2. The summed E-state index contributed by atoms with van der Waals surface area (Å²) in [5.74, 6) is -0.367. The van der Waals surface area contributed by atoms with Gasteiger partial charge in [-0.05, 0) is 38.8 Å². The molecule has 0 aromatic heterocycles. The molecule has 3 saturated heterocycles. The van der Waals surface area contributed by atoms with E-state index in [-0.39, 0.29) is 18.1 Å². The summed E-state index contributed by atoms with van der Waals surface area (Å²) in [6, 6.07) is -2.16. The maximum atomic E-state index is 12.4. The fourth-order valence-corrected chi connectivity index (χ4v) is 5.25. The van der Waals surface area contributed by atoms with Gasteiger partial charge in [0, 0.05) is 13.1 Å². The summed E-state index contributed by atoms with van der Waals surface area (Å²) < 4.78 is 63.3. The van der Waals surface area contributed by atoms with Crippen molar-refractivity contribution >= 4 is 32.3 Å². The number of rotatable bonds is 7. The van der Waals surface area contributed by atoms with Crippen molar-refractivity contribution in [2.45, 2.75) is 44.2 Å². The highest BCUT2D eigenvalue weighted by atomic mass is 32.3. The molecule has 0 radical (unpaired) electrons. The second kappa shape index (κ2) is 8.10. The van der Waals surface area contributed by atoms with E-state index in [1.807, 2.05) is 0 Å². The summed E-state index contributed by atoms with van der Waals surface area (Å²) >= 11 is 0. The molecule has 160 valence electrons. The first-order chi connectivity index (χ1) is 13.1. The molecule has 0 saturated carbocycles. The Morgan fingerprint density at radius 2 is 1.86 bits per heavy atom. The number of sulfonamides is 1. The molecule has 0 aromatic carbocycles.